The number of carbonyl (C=O) groups is 1. The number of thiol groups is 1. The van der Waals surface area contributed by atoms with Gasteiger partial charge >= 0.3 is 0 Å². The fraction of sp³-hybridized carbons (Fsp3) is 0.500. The Morgan fingerprint density at radius 2 is 2.11 bits per heavy atom. The van der Waals surface area contributed by atoms with E-state index in [0.29, 0.717) is 5.56 Å². The summed E-state index contributed by atoms with van der Waals surface area (Å²) in [6.07, 6.45) is 3.66. The standard InChI is InChI=1S/C14H20N2OS/c17-14(12-5-3-6-13(18)11-12)15-7-4-10-16-8-1-2-9-16/h3,5-6,11,18H,1-2,4,7-10H2,(H,15,17). The molecule has 1 amide bonds. The molecule has 1 N–H and O–H groups in total. The molecule has 1 saturated heterocycles. The highest BCUT2D eigenvalue weighted by atomic mass is 32.1. The quantitative estimate of drug-likeness (QED) is 0.631. The Morgan fingerprint density at radius 3 is 2.83 bits per heavy atom. The van der Waals surface area contributed by atoms with Gasteiger partial charge < -0.3 is 10.2 Å². The summed E-state index contributed by atoms with van der Waals surface area (Å²) >= 11 is 4.23. The van der Waals surface area contributed by atoms with Crippen molar-refractivity contribution in [1.82, 2.24) is 10.2 Å². The maximum atomic E-state index is 11.8. The second kappa shape index (κ2) is 6.81. The van der Waals surface area contributed by atoms with E-state index in [4.69, 9.17) is 0 Å². The Bertz CT molecular complexity index is 403. The Hall–Kier alpha value is -1.00. The summed E-state index contributed by atoms with van der Waals surface area (Å²) in [6, 6.07) is 7.32. The number of hydrogen-bond donors (Lipinski definition) is 2. The SMILES string of the molecule is O=C(NCCCN1CCCC1)c1cccc(S)c1. The van der Waals surface area contributed by atoms with Crippen molar-refractivity contribution >= 4 is 18.5 Å². The van der Waals surface area contributed by atoms with Gasteiger partial charge in [0.15, 0.2) is 0 Å². The van der Waals surface area contributed by atoms with E-state index in [2.05, 4.69) is 22.8 Å². The molecule has 0 spiro atoms. The number of amides is 1. The van der Waals surface area contributed by atoms with Gasteiger partial charge in [-0.3, -0.25) is 4.79 Å². The second-order valence-electron chi connectivity index (χ2n) is 4.71. The van der Waals surface area contributed by atoms with E-state index < -0.39 is 0 Å². The molecule has 1 fully saturated rings. The molecule has 2 rings (SSSR count). The molecule has 0 radical (unpaired) electrons. The van der Waals surface area contributed by atoms with E-state index in [9.17, 15) is 4.79 Å². The van der Waals surface area contributed by atoms with Crippen molar-refractivity contribution in [3.63, 3.8) is 0 Å². The predicted molar refractivity (Wildman–Crippen MR) is 76.3 cm³/mol. The fourth-order valence-electron chi connectivity index (χ4n) is 2.26. The predicted octanol–water partition coefficient (Wildman–Crippen LogP) is 2.19. The third-order valence-electron chi connectivity index (χ3n) is 3.24. The maximum absolute atomic E-state index is 11.8. The monoisotopic (exact) mass is 264 g/mol. The van der Waals surface area contributed by atoms with Gasteiger partial charge in [0.2, 0.25) is 0 Å². The van der Waals surface area contributed by atoms with Gasteiger partial charge in [-0.1, -0.05) is 6.07 Å². The summed E-state index contributed by atoms with van der Waals surface area (Å²) in [7, 11) is 0. The normalized spacial score (nSPS) is 15.8. The molecule has 3 nitrogen and oxygen atoms in total. The zero-order valence-corrected chi connectivity index (χ0v) is 11.5. The Morgan fingerprint density at radius 1 is 1.33 bits per heavy atom. The zero-order valence-electron chi connectivity index (χ0n) is 10.6. The van der Waals surface area contributed by atoms with Crippen molar-refractivity contribution in [3.8, 4) is 0 Å². The maximum Gasteiger partial charge on any atom is 0.251 e. The first-order valence-electron chi connectivity index (χ1n) is 6.55. The summed E-state index contributed by atoms with van der Waals surface area (Å²) in [5.74, 6) is -0.00711. The molecule has 0 saturated carbocycles. The van der Waals surface area contributed by atoms with Gasteiger partial charge in [-0.25, -0.2) is 0 Å². The second-order valence-corrected chi connectivity index (χ2v) is 5.22. The van der Waals surface area contributed by atoms with Crippen LogP contribution in [0.3, 0.4) is 0 Å². The number of nitrogens with one attached hydrogen (secondary N) is 1. The van der Waals surface area contributed by atoms with Crippen LogP contribution < -0.4 is 5.32 Å². The topological polar surface area (TPSA) is 32.3 Å². The van der Waals surface area contributed by atoms with E-state index in [1.54, 1.807) is 6.07 Å². The Labute approximate surface area is 114 Å². The summed E-state index contributed by atoms with van der Waals surface area (Å²) < 4.78 is 0. The van der Waals surface area contributed by atoms with E-state index >= 15 is 0 Å². The molecule has 1 heterocycles. The molecule has 4 heteroatoms. The van der Waals surface area contributed by atoms with Gasteiger partial charge in [-0.15, -0.1) is 12.6 Å². The minimum Gasteiger partial charge on any atom is -0.352 e. The van der Waals surface area contributed by atoms with Crippen LogP contribution in [0.1, 0.15) is 29.6 Å². The lowest BCUT2D eigenvalue weighted by atomic mass is 10.2. The first kappa shape index (κ1) is 13.4. The van der Waals surface area contributed by atoms with Crippen molar-refractivity contribution in [2.75, 3.05) is 26.2 Å². The molecule has 98 valence electrons. The summed E-state index contributed by atoms with van der Waals surface area (Å²) in [5.41, 5.74) is 0.684. The molecule has 0 unspecified atom stereocenters. The number of benzene rings is 1. The number of likely N-dealkylation sites (tertiary alicyclic amines) is 1. The highest BCUT2D eigenvalue weighted by Crippen LogP contribution is 2.09. The molecular weight excluding hydrogens is 244 g/mol. The molecule has 0 aromatic heterocycles. The average Bonchev–Trinajstić information content (AvgIpc) is 2.87. The van der Waals surface area contributed by atoms with Gasteiger partial charge in [-0.05, 0) is 57.1 Å². The third kappa shape index (κ3) is 4.03. The Balaban J connectivity index is 1.68. The molecule has 0 aliphatic carbocycles. The lowest BCUT2D eigenvalue weighted by molar-refractivity contribution is 0.0952. The molecule has 0 bridgehead atoms. The van der Waals surface area contributed by atoms with E-state index in [-0.39, 0.29) is 5.91 Å². The smallest absolute Gasteiger partial charge is 0.251 e. The lowest BCUT2D eigenvalue weighted by Gasteiger charge is -2.14. The van der Waals surface area contributed by atoms with Crippen LogP contribution in [-0.2, 0) is 0 Å². The fourth-order valence-corrected chi connectivity index (χ4v) is 2.49. The van der Waals surface area contributed by atoms with Crippen molar-refractivity contribution in [2.45, 2.75) is 24.2 Å². The zero-order chi connectivity index (χ0) is 12.8. The summed E-state index contributed by atoms with van der Waals surface area (Å²) in [5, 5.41) is 2.95. The Kier molecular flexibility index (Phi) is 5.08. The molecule has 1 aliphatic rings. The van der Waals surface area contributed by atoms with Crippen LogP contribution in [0.5, 0.6) is 0 Å². The van der Waals surface area contributed by atoms with Crippen LogP contribution in [0.15, 0.2) is 29.2 Å². The van der Waals surface area contributed by atoms with Crippen LogP contribution in [0.2, 0.25) is 0 Å². The molecule has 0 atom stereocenters. The van der Waals surface area contributed by atoms with Gasteiger partial charge in [-0.2, -0.15) is 0 Å². The largest absolute Gasteiger partial charge is 0.352 e. The first-order chi connectivity index (χ1) is 8.75. The van der Waals surface area contributed by atoms with Crippen LogP contribution >= 0.6 is 12.6 Å². The number of rotatable bonds is 5. The molecule has 1 aromatic rings. The highest BCUT2D eigenvalue weighted by molar-refractivity contribution is 7.80. The number of nitrogens with zero attached hydrogens (tertiary/aromatic N) is 1. The van der Waals surface area contributed by atoms with Gasteiger partial charge in [0, 0.05) is 17.0 Å². The molecule has 1 aromatic carbocycles. The van der Waals surface area contributed by atoms with Crippen molar-refractivity contribution < 1.29 is 4.79 Å². The molecule has 1 aliphatic heterocycles. The summed E-state index contributed by atoms with van der Waals surface area (Å²) in [4.78, 5) is 15.1. The van der Waals surface area contributed by atoms with Crippen molar-refractivity contribution in [1.29, 1.82) is 0 Å². The van der Waals surface area contributed by atoms with Crippen molar-refractivity contribution in [3.05, 3.63) is 29.8 Å². The number of hydrogen-bond acceptors (Lipinski definition) is 3. The number of carbonyl (C=O) groups excluding carboxylic acids is 1. The minimum absolute atomic E-state index is 0.00711. The van der Waals surface area contributed by atoms with Crippen molar-refractivity contribution in [2.24, 2.45) is 0 Å². The van der Waals surface area contributed by atoms with E-state index in [1.807, 2.05) is 18.2 Å². The van der Waals surface area contributed by atoms with Gasteiger partial charge in [0.25, 0.3) is 5.91 Å². The van der Waals surface area contributed by atoms with Gasteiger partial charge in [0.1, 0.15) is 0 Å². The molecule has 18 heavy (non-hydrogen) atoms. The first-order valence-corrected chi connectivity index (χ1v) is 7.00. The van der Waals surface area contributed by atoms with E-state index in [0.717, 1.165) is 24.4 Å². The van der Waals surface area contributed by atoms with Gasteiger partial charge in [0.05, 0.1) is 0 Å². The van der Waals surface area contributed by atoms with Crippen LogP contribution in [0.25, 0.3) is 0 Å². The van der Waals surface area contributed by atoms with Crippen LogP contribution in [-0.4, -0.2) is 37.0 Å². The van der Waals surface area contributed by atoms with Crippen LogP contribution in [0.4, 0.5) is 0 Å². The van der Waals surface area contributed by atoms with Crippen LogP contribution in [0, 0.1) is 0 Å². The highest BCUT2D eigenvalue weighted by Gasteiger charge is 2.10. The molecular formula is C14H20N2OS. The summed E-state index contributed by atoms with van der Waals surface area (Å²) in [6.45, 7) is 4.27. The minimum atomic E-state index is -0.00711. The lowest BCUT2D eigenvalue weighted by Crippen LogP contribution is -2.28. The average molecular weight is 264 g/mol. The van der Waals surface area contributed by atoms with E-state index in [1.165, 1.54) is 25.9 Å². The third-order valence-corrected chi connectivity index (χ3v) is 3.52.